The Morgan fingerprint density at radius 2 is 2.20 bits per heavy atom. The van der Waals surface area contributed by atoms with E-state index in [4.69, 9.17) is 4.74 Å². The second kappa shape index (κ2) is 2.65. The van der Waals surface area contributed by atoms with Crippen molar-refractivity contribution in [3.8, 4) is 0 Å². The predicted molar refractivity (Wildman–Crippen MR) is 40.6 cm³/mol. The summed E-state index contributed by atoms with van der Waals surface area (Å²) in [5.74, 6) is 2.10. The van der Waals surface area contributed by atoms with Crippen LogP contribution in [0.5, 0.6) is 0 Å². The fourth-order valence-electron chi connectivity index (χ4n) is 1.90. The summed E-state index contributed by atoms with van der Waals surface area (Å²) in [6, 6.07) is 0. The Morgan fingerprint density at radius 1 is 1.30 bits per heavy atom. The Labute approximate surface area is 62.1 Å². The van der Waals surface area contributed by atoms with E-state index in [1.54, 1.807) is 0 Å². The van der Waals surface area contributed by atoms with E-state index in [0.717, 1.165) is 12.5 Å². The molecule has 0 amide bonds. The van der Waals surface area contributed by atoms with Gasteiger partial charge in [-0.3, -0.25) is 0 Å². The summed E-state index contributed by atoms with van der Waals surface area (Å²) in [5, 5.41) is 0. The highest BCUT2D eigenvalue weighted by Crippen LogP contribution is 2.32. The van der Waals surface area contributed by atoms with Crippen LogP contribution in [0.4, 0.5) is 0 Å². The minimum Gasteiger partial charge on any atom is -0.498 e. The zero-order valence-electron chi connectivity index (χ0n) is 6.31. The van der Waals surface area contributed by atoms with Crippen molar-refractivity contribution in [2.24, 2.45) is 5.92 Å². The lowest BCUT2D eigenvalue weighted by Crippen LogP contribution is -2.17. The van der Waals surface area contributed by atoms with E-state index in [2.05, 4.69) is 6.08 Å². The number of rotatable bonds is 0. The molecule has 56 valence electrons. The van der Waals surface area contributed by atoms with Crippen LogP contribution in [0.3, 0.4) is 0 Å². The lowest BCUT2D eigenvalue weighted by molar-refractivity contribution is 0.116. The highest BCUT2D eigenvalue weighted by atomic mass is 16.5. The van der Waals surface area contributed by atoms with Gasteiger partial charge in [0.2, 0.25) is 0 Å². The van der Waals surface area contributed by atoms with Crippen molar-refractivity contribution in [1.82, 2.24) is 0 Å². The monoisotopic (exact) mass is 138 g/mol. The van der Waals surface area contributed by atoms with Gasteiger partial charge in [-0.15, -0.1) is 0 Å². The second-order valence-electron chi connectivity index (χ2n) is 3.23. The van der Waals surface area contributed by atoms with E-state index in [1.165, 1.54) is 37.9 Å². The van der Waals surface area contributed by atoms with Gasteiger partial charge in [0.05, 0.1) is 12.4 Å². The first-order valence-electron chi connectivity index (χ1n) is 4.29. The van der Waals surface area contributed by atoms with Gasteiger partial charge in [0, 0.05) is 5.92 Å². The number of fused-ring (bicyclic) bond motifs is 1. The molecule has 1 aliphatic heterocycles. The molecule has 1 aliphatic carbocycles. The van der Waals surface area contributed by atoms with Gasteiger partial charge < -0.3 is 4.74 Å². The SMILES string of the molecule is C1=C2OCCCC2CCC1. The Kier molecular flexibility index (Phi) is 1.66. The van der Waals surface area contributed by atoms with Gasteiger partial charge in [0.25, 0.3) is 0 Å². The van der Waals surface area contributed by atoms with Crippen LogP contribution in [0, 0.1) is 5.92 Å². The molecule has 0 saturated carbocycles. The molecule has 1 unspecified atom stereocenters. The summed E-state index contributed by atoms with van der Waals surface area (Å²) >= 11 is 0. The molecule has 10 heavy (non-hydrogen) atoms. The normalized spacial score (nSPS) is 32.0. The van der Waals surface area contributed by atoms with Gasteiger partial charge in [-0.2, -0.15) is 0 Å². The van der Waals surface area contributed by atoms with Crippen molar-refractivity contribution >= 4 is 0 Å². The van der Waals surface area contributed by atoms with Gasteiger partial charge in [-0.05, 0) is 38.2 Å². The fraction of sp³-hybridized carbons (Fsp3) is 0.778. The van der Waals surface area contributed by atoms with Crippen LogP contribution < -0.4 is 0 Å². The van der Waals surface area contributed by atoms with E-state index in [9.17, 15) is 0 Å². The molecular formula is C9H14O. The van der Waals surface area contributed by atoms with Crippen LogP contribution in [0.25, 0.3) is 0 Å². The van der Waals surface area contributed by atoms with Gasteiger partial charge in [0.15, 0.2) is 0 Å². The maximum Gasteiger partial charge on any atom is 0.0950 e. The van der Waals surface area contributed by atoms with E-state index >= 15 is 0 Å². The second-order valence-corrected chi connectivity index (χ2v) is 3.23. The molecule has 1 nitrogen and oxygen atoms in total. The van der Waals surface area contributed by atoms with Gasteiger partial charge in [0.1, 0.15) is 0 Å². The number of ether oxygens (including phenoxy) is 1. The first kappa shape index (κ1) is 6.26. The Hall–Kier alpha value is -0.460. The van der Waals surface area contributed by atoms with Crippen LogP contribution in [0.1, 0.15) is 32.1 Å². The van der Waals surface area contributed by atoms with Gasteiger partial charge in [-0.25, -0.2) is 0 Å². The third-order valence-corrected chi connectivity index (χ3v) is 2.47. The van der Waals surface area contributed by atoms with Crippen molar-refractivity contribution in [3.63, 3.8) is 0 Å². The molecule has 1 heterocycles. The Morgan fingerprint density at radius 3 is 3.10 bits per heavy atom. The average molecular weight is 138 g/mol. The molecule has 1 heteroatoms. The molecule has 2 aliphatic rings. The quantitative estimate of drug-likeness (QED) is 0.499. The zero-order chi connectivity index (χ0) is 6.81. The molecule has 1 saturated heterocycles. The fourth-order valence-corrected chi connectivity index (χ4v) is 1.90. The minimum atomic E-state index is 0.794. The molecule has 0 aromatic rings. The van der Waals surface area contributed by atoms with E-state index in [0.29, 0.717) is 0 Å². The third kappa shape index (κ3) is 1.05. The van der Waals surface area contributed by atoms with Gasteiger partial charge in [-0.1, -0.05) is 0 Å². The smallest absolute Gasteiger partial charge is 0.0950 e. The van der Waals surface area contributed by atoms with E-state index < -0.39 is 0 Å². The highest BCUT2D eigenvalue weighted by Gasteiger charge is 2.21. The Bertz CT molecular complexity index is 149. The maximum atomic E-state index is 5.54. The molecule has 0 spiro atoms. The van der Waals surface area contributed by atoms with Crippen molar-refractivity contribution in [3.05, 3.63) is 11.8 Å². The third-order valence-electron chi connectivity index (χ3n) is 2.47. The molecule has 0 radical (unpaired) electrons. The molecule has 1 fully saturated rings. The summed E-state index contributed by atoms with van der Waals surface area (Å²) in [6.07, 6.45) is 8.90. The molecule has 1 atom stereocenters. The first-order chi connectivity index (χ1) is 4.97. The van der Waals surface area contributed by atoms with Gasteiger partial charge >= 0.3 is 0 Å². The van der Waals surface area contributed by atoms with Crippen molar-refractivity contribution in [2.75, 3.05) is 6.61 Å². The van der Waals surface area contributed by atoms with Crippen molar-refractivity contribution in [1.29, 1.82) is 0 Å². The van der Waals surface area contributed by atoms with Crippen LogP contribution in [0.2, 0.25) is 0 Å². The number of allylic oxidation sites excluding steroid dienone is 2. The highest BCUT2D eigenvalue weighted by molar-refractivity contribution is 5.04. The first-order valence-corrected chi connectivity index (χ1v) is 4.29. The summed E-state index contributed by atoms with van der Waals surface area (Å²) in [4.78, 5) is 0. The number of hydrogen-bond acceptors (Lipinski definition) is 1. The molecule has 2 rings (SSSR count). The van der Waals surface area contributed by atoms with E-state index in [1.807, 2.05) is 0 Å². The van der Waals surface area contributed by atoms with Crippen LogP contribution in [-0.2, 0) is 4.74 Å². The molecule has 0 aromatic heterocycles. The molecule has 0 aromatic carbocycles. The summed E-state index contributed by atoms with van der Waals surface area (Å²) in [6.45, 7) is 0.961. The Balaban J connectivity index is 2.08. The summed E-state index contributed by atoms with van der Waals surface area (Å²) in [5.41, 5.74) is 0. The van der Waals surface area contributed by atoms with E-state index in [-0.39, 0.29) is 0 Å². The van der Waals surface area contributed by atoms with Crippen molar-refractivity contribution in [2.45, 2.75) is 32.1 Å². The maximum absolute atomic E-state index is 5.54. The van der Waals surface area contributed by atoms with Crippen LogP contribution >= 0.6 is 0 Å². The summed E-state index contributed by atoms with van der Waals surface area (Å²) < 4.78 is 5.54. The summed E-state index contributed by atoms with van der Waals surface area (Å²) in [7, 11) is 0. The molecule has 0 bridgehead atoms. The lowest BCUT2D eigenvalue weighted by atomic mass is 9.88. The predicted octanol–water partition coefficient (Wildman–Crippen LogP) is 2.48. The lowest BCUT2D eigenvalue weighted by Gasteiger charge is -2.28. The molecule has 0 N–H and O–H groups in total. The minimum absolute atomic E-state index is 0.794. The standard InChI is InChI=1S/C9H14O/c1-2-6-9-8(4-1)5-3-7-10-9/h6,8H,1-5,7H2. The van der Waals surface area contributed by atoms with Crippen molar-refractivity contribution < 1.29 is 4.74 Å². The van der Waals surface area contributed by atoms with Crippen LogP contribution in [-0.4, -0.2) is 6.61 Å². The number of hydrogen-bond donors (Lipinski definition) is 0. The average Bonchev–Trinajstić information content (AvgIpc) is 2.05. The molecular weight excluding hydrogens is 124 g/mol. The van der Waals surface area contributed by atoms with Crippen LogP contribution in [0.15, 0.2) is 11.8 Å². The zero-order valence-corrected chi connectivity index (χ0v) is 6.31. The largest absolute Gasteiger partial charge is 0.498 e. The topological polar surface area (TPSA) is 9.23 Å².